The van der Waals surface area contributed by atoms with Crippen molar-refractivity contribution in [2.45, 2.75) is 31.9 Å². The predicted octanol–water partition coefficient (Wildman–Crippen LogP) is 5.05. The Hall–Kier alpha value is -2.00. The monoisotopic (exact) mass is 353 g/mol. The van der Waals surface area contributed by atoms with E-state index in [2.05, 4.69) is 74.6 Å². The van der Waals surface area contributed by atoms with Crippen LogP contribution in [0.15, 0.2) is 60.7 Å². The normalized spacial score (nSPS) is 11.6. The number of hydrogen-bond acceptors (Lipinski definition) is 2. The largest absolute Gasteiger partial charge is 0.352 e. The maximum atomic E-state index is 11.9. The van der Waals surface area contributed by atoms with E-state index in [9.17, 15) is 4.79 Å². The molecular formula is C22H27NOS. The molecule has 2 nitrogen and oxygen atoms in total. The van der Waals surface area contributed by atoms with E-state index < -0.39 is 0 Å². The molecule has 0 spiro atoms. The van der Waals surface area contributed by atoms with Crippen molar-refractivity contribution in [1.82, 2.24) is 5.32 Å². The van der Waals surface area contributed by atoms with E-state index in [-0.39, 0.29) is 11.3 Å². The third-order valence-corrected chi connectivity index (χ3v) is 4.89. The van der Waals surface area contributed by atoms with Crippen molar-refractivity contribution in [1.29, 1.82) is 0 Å². The maximum absolute atomic E-state index is 11.9. The van der Waals surface area contributed by atoms with Gasteiger partial charge >= 0.3 is 0 Å². The van der Waals surface area contributed by atoms with E-state index in [1.165, 1.54) is 11.1 Å². The minimum atomic E-state index is -0.0415. The third-order valence-electron chi connectivity index (χ3n) is 3.86. The Balaban J connectivity index is 1.68. The van der Waals surface area contributed by atoms with E-state index in [0.29, 0.717) is 6.54 Å². The summed E-state index contributed by atoms with van der Waals surface area (Å²) in [6.45, 7) is 7.27. The molecule has 0 heterocycles. The fourth-order valence-corrected chi connectivity index (χ4v) is 3.15. The minimum Gasteiger partial charge on any atom is -0.352 e. The van der Waals surface area contributed by atoms with Gasteiger partial charge in [0.1, 0.15) is 0 Å². The van der Waals surface area contributed by atoms with Crippen molar-refractivity contribution in [3.05, 3.63) is 77.4 Å². The predicted molar refractivity (Wildman–Crippen MR) is 110 cm³/mol. The highest BCUT2D eigenvalue weighted by molar-refractivity contribution is 7.98. The Morgan fingerprint density at radius 2 is 1.72 bits per heavy atom. The highest BCUT2D eigenvalue weighted by Gasteiger charge is 2.12. The molecule has 0 aromatic heterocycles. The van der Waals surface area contributed by atoms with E-state index in [4.69, 9.17) is 0 Å². The lowest BCUT2D eigenvalue weighted by atomic mass is 9.87. The molecule has 0 radical (unpaired) electrons. The molecule has 0 fully saturated rings. The summed E-state index contributed by atoms with van der Waals surface area (Å²) >= 11 is 1.83. The van der Waals surface area contributed by atoms with Gasteiger partial charge in [0.2, 0.25) is 5.91 Å². The number of nitrogens with one attached hydrogen (secondary N) is 1. The molecule has 0 bridgehead atoms. The van der Waals surface area contributed by atoms with Gasteiger partial charge in [0.05, 0.1) is 0 Å². The Labute approximate surface area is 155 Å². The van der Waals surface area contributed by atoms with Crippen molar-refractivity contribution < 1.29 is 4.79 Å². The van der Waals surface area contributed by atoms with Crippen LogP contribution in [0.25, 0.3) is 6.08 Å². The lowest BCUT2D eigenvalue weighted by Gasteiger charge is -2.18. The minimum absolute atomic E-state index is 0.0415. The highest BCUT2D eigenvalue weighted by atomic mass is 32.2. The SMILES string of the molecule is CC(C)(C)c1ccc(/C=C/C(=O)NCCSCc2ccccc2)cc1. The summed E-state index contributed by atoms with van der Waals surface area (Å²) < 4.78 is 0. The first-order valence-corrected chi connectivity index (χ1v) is 9.79. The van der Waals surface area contributed by atoms with Crippen molar-refractivity contribution in [3.8, 4) is 0 Å². The second-order valence-electron chi connectivity index (χ2n) is 7.03. The lowest BCUT2D eigenvalue weighted by molar-refractivity contribution is -0.116. The number of rotatable bonds is 7. The molecule has 0 saturated heterocycles. The van der Waals surface area contributed by atoms with E-state index >= 15 is 0 Å². The Kier molecular flexibility index (Phi) is 7.32. The fourth-order valence-electron chi connectivity index (χ4n) is 2.34. The fraction of sp³-hybridized carbons (Fsp3) is 0.318. The first-order chi connectivity index (χ1) is 11.9. The summed E-state index contributed by atoms with van der Waals surface area (Å²) in [5.41, 5.74) is 3.81. The van der Waals surface area contributed by atoms with Crippen molar-refractivity contribution in [3.63, 3.8) is 0 Å². The number of carbonyl (C=O) groups is 1. The average molecular weight is 354 g/mol. The second-order valence-corrected chi connectivity index (χ2v) is 8.14. The van der Waals surface area contributed by atoms with Crippen LogP contribution in [-0.4, -0.2) is 18.2 Å². The van der Waals surface area contributed by atoms with Crippen LogP contribution in [0.5, 0.6) is 0 Å². The average Bonchev–Trinajstić information content (AvgIpc) is 2.60. The lowest BCUT2D eigenvalue weighted by Crippen LogP contribution is -2.23. The number of amides is 1. The van der Waals surface area contributed by atoms with Crippen LogP contribution in [0.4, 0.5) is 0 Å². The van der Waals surface area contributed by atoms with Crippen molar-refractivity contribution >= 4 is 23.7 Å². The standard InChI is InChI=1S/C22H27NOS/c1-22(2,3)20-12-9-18(10-13-20)11-14-21(24)23-15-16-25-17-19-7-5-4-6-8-19/h4-14H,15-17H2,1-3H3,(H,23,24)/b14-11+. The Bertz CT molecular complexity index is 684. The number of hydrogen-bond donors (Lipinski definition) is 1. The van der Waals surface area contributed by atoms with Gasteiger partial charge in [-0.3, -0.25) is 4.79 Å². The van der Waals surface area contributed by atoms with Crippen LogP contribution in [0.1, 0.15) is 37.5 Å². The zero-order chi connectivity index (χ0) is 18.1. The molecule has 0 saturated carbocycles. The van der Waals surface area contributed by atoms with Gasteiger partial charge < -0.3 is 5.32 Å². The van der Waals surface area contributed by atoms with Crippen molar-refractivity contribution in [2.75, 3.05) is 12.3 Å². The summed E-state index contributed by atoms with van der Waals surface area (Å²) in [5, 5.41) is 2.93. The van der Waals surface area contributed by atoms with Gasteiger partial charge in [-0.15, -0.1) is 0 Å². The zero-order valence-corrected chi connectivity index (χ0v) is 16.1. The molecule has 2 aromatic carbocycles. The topological polar surface area (TPSA) is 29.1 Å². The number of thioether (sulfide) groups is 1. The Morgan fingerprint density at radius 1 is 1.04 bits per heavy atom. The quantitative estimate of drug-likeness (QED) is 0.558. The molecule has 0 atom stereocenters. The molecule has 0 unspecified atom stereocenters. The van der Waals surface area contributed by atoms with Crippen LogP contribution < -0.4 is 5.32 Å². The third kappa shape index (κ3) is 7.18. The summed E-state index contributed by atoms with van der Waals surface area (Å²) in [4.78, 5) is 11.9. The van der Waals surface area contributed by atoms with Gasteiger partial charge in [-0.05, 0) is 28.2 Å². The van der Waals surface area contributed by atoms with Gasteiger partial charge in [-0.25, -0.2) is 0 Å². The first-order valence-electron chi connectivity index (χ1n) is 8.63. The number of benzene rings is 2. The van der Waals surface area contributed by atoms with Gasteiger partial charge in [-0.1, -0.05) is 75.4 Å². The van der Waals surface area contributed by atoms with E-state index in [1.807, 2.05) is 23.9 Å². The summed E-state index contributed by atoms with van der Waals surface area (Å²) in [7, 11) is 0. The zero-order valence-electron chi connectivity index (χ0n) is 15.3. The molecular weight excluding hydrogens is 326 g/mol. The van der Waals surface area contributed by atoms with Crippen LogP contribution in [-0.2, 0) is 16.0 Å². The van der Waals surface area contributed by atoms with Crippen LogP contribution in [0, 0.1) is 0 Å². The Morgan fingerprint density at radius 3 is 2.36 bits per heavy atom. The molecule has 1 amide bonds. The van der Waals surface area contributed by atoms with Crippen LogP contribution in [0.2, 0.25) is 0 Å². The van der Waals surface area contributed by atoms with E-state index in [1.54, 1.807) is 6.08 Å². The molecule has 3 heteroatoms. The van der Waals surface area contributed by atoms with Gasteiger partial charge in [0, 0.05) is 24.1 Å². The number of carbonyl (C=O) groups excluding carboxylic acids is 1. The molecule has 132 valence electrons. The smallest absolute Gasteiger partial charge is 0.244 e. The highest BCUT2D eigenvalue weighted by Crippen LogP contribution is 2.22. The molecule has 0 aliphatic carbocycles. The molecule has 0 aliphatic rings. The molecule has 0 aliphatic heterocycles. The van der Waals surface area contributed by atoms with Gasteiger partial charge in [-0.2, -0.15) is 11.8 Å². The summed E-state index contributed by atoms with van der Waals surface area (Å²) in [6.07, 6.45) is 3.47. The molecule has 2 rings (SSSR count). The van der Waals surface area contributed by atoms with Gasteiger partial charge in [0.15, 0.2) is 0 Å². The van der Waals surface area contributed by atoms with E-state index in [0.717, 1.165) is 17.1 Å². The van der Waals surface area contributed by atoms with Crippen molar-refractivity contribution in [2.24, 2.45) is 0 Å². The molecule has 1 N–H and O–H groups in total. The summed E-state index contributed by atoms with van der Waals surface area (Å²) in [5.74, 6) is 1.85. The summed E-state index contributed by atoms with van der Waals surface area (Å²) in [6, 6.07) is 18.7. The first kappa shape index (κ1) is 19.3. The second kappa shape index (κ2) is 9.47. The van der Waals surface area contributed by atoms with Gasteiger partial charge in [0.25, 0.3) is 0 Å². The molecule has 2 aromatic rings. The van der Waals surface area contributed by atoms with Crippen LogP contribution >= 0.6 is 11.8 Å². The van der Waals surface area contributed by atoms with Crippen LogP contribution in [0.3, 0.4) is 0 Å². The maximum Gasteiger partial charge on any atom is 0.244 e. The molecule has 25 heavy (non-hydrogen) atoms.